The molecule has 4 N–H and O–H groups in total. The summed E-state index contributed by atoms with van der Waals surface area (Å²) in [6, 6.07) is -0.445. The first-order valence-corrected chi connectivity index (χ1v) is 16.7. The number of halogens is 1. The third kappa shape index (κ3) is 13.6. The van der Waals surface area contributed by atoms with Crippen LogP contribution in [-0.2, 0) is 28.5 Å². The third-order valence-corrected chi connectivity index (χ3v) is 8.59. The number of hydrogen-bond acceptors (Lipinski definition) is 10. The molecule has 1 spiro atoms. The topological polar surface area (TPSA) is 149 Å². The van der Waals surface area contributed by atoms with Crippen LogP contribution in [0.4, 0.5) is 13.5 Å². The van der Waals surface area contributed by atoms with Crippen LogP contribution in [0.3, 0.4) is 0 Å². The van der Waals surface area contributed by atoms with Crippen molar-refractivity contribution in [3.8, 4) is 0 Å². The Morgan fingerprint density at radius 1 is 1.09 bits per heavy atom. The fourth-order valence-electron chi connectivity index (χ4n) is 5.71. The highest BCUT2D eigenvalue weighted by atomic mass is 32.2. The highest BCUT2D eigenvalue weighted by molar-refractivity contribution is 7.92. The molecule has 0 aromatic carbocycles. The van der Waals surface area contributed by atoms with E-state index in [0.717, 1.165) is 32.1 Å². The first-order chi connectivity index (χ1) is 21.3. The van der Waals surface area contributed by atoms with Crippen LogP contribution in [0, 0.1) is 11.8 Å². The zero-order chi connectivity index (χ0) is 33.5. The molecule has 3 unspecified atom stereocenters. The quantitative estimate of drug-likeness (QED) is 0.0632. The summed E-state index contributed by atoms with van der Waals surface area (Å²) in [4.78, 5) is 36.7. The Balaban J connectivity index is 1.76. The lowest BCUT2D eigenvalue weighted by Gasteiger charge is -2.47. The van der Waals surface area contributed by atoms with Crippen molar-refractivity contribution in [3.05, 3.63) is 11.6 Å². The second kappa shape index (κ2) is 19.5. The van der Waals surface area contributed by atoms with Crippen molar-refractivity contribution < 1.29 is 42.0 Å². The number of amides is 3. The lowest BCUT2D eigenvalue weighted by Crippen LogP contribution is -2.59. The number of methoxy groups -OCH3 is 1. The fraction of sp³-hybridized carbons (Fsp3) is 0.839. The predicted octanol–water partition coefficient (Wildman–Crippen LogP) is 4.59. The molecule has 2 rings (SSSR count). The molecule has 2 aliphatic rings. The summed E-state index contributed by atoms with van der Waals surface area (Å²) in [5, 5.41) is 8.30. The second-order valence-electron chi connectivity index (χ2n) is 12.9. The molecule has 260 valence electrons. The Kier molecular flexibility index (Phi) is 16.9. The summed E-state index contributed by atoms with van der Waals surface area (Å²) in [6.45, 7) is 14.0. The Morgan fingerprint density at radius 2 is 1.76 bits per heavy atom. The van der Waals surface area contributed by atoms with Crippen molar-refractivity contribution in [2.24, 2.45) is 11.8 Å². The first-order valence-electron chi connectivity index (χ1n) is 15.9. The van der Waals surface area contributed by atoms with Gasteiger partial charge < -0.3 is 39.6 Å². The van der Waals surface area contributed by atoms with Gasteiger partial charge in [0.05, 0.1) is 37.0 Å². The minimum atomic E-state index is -0.590. The van der Waals surface area contributed by atoms with Crippen LogP contribution in [-0.4, -0.2) is 94.1 Å². The molecule has 0 aromatic rings. The number of ether oxygens (including phenoxy) is 5. The van der Waals surface area contributed by atoms with Crippen LogP contribution in [0.1, 0.15) is 80.1 Å². The van der Waals surface area contributed by atoms with Crippen molar-refractivity contribution in [2.45, 2.75) is 110 Å². The average Bonchev–Trinajstić information content (AvgIpc) is 3.74. The number of alkyl carbamates (subject to hydrolysis) is 2. The van der Waals surface area contributed by atoms with Gasteiger partial charge in [-0.05, 0) is 59.3 Å². The maximum absolute atomic E-state index is 13.1. The van der Waals surface area contributed by atoms with Gasteiger partial charge in [0.25, 0.3) is 0 Å². The van der Waals surface area contributed by atoms with Crippen molar-refractivity contribution >= 4 is 30.4 Å². The standard InChI is InChI=1S/C31H55FN4O8S/c1-21(2)13-17-42-30(5,6)27-26(40-7)24(12-14-31(27)20-43-31)44-29(39)36-23(22(3)4)19-41-28(38)34-16-11-9-8-10-15-33-25(37)18-35-45-32/h13,22-24,26-27,35H,8-12,14-20H2,1-7H3,(H,33,37)(H,34,38)(H,36,39)/t23-,24?,26?,27?,31-/m0/s1. The van der Waals surface area contributed by atoms with E-state index in [9.17, 15) is 18.3 Å². The van der Waals surface area contributed by atoms with Crippen molar-refractivity contribution in [3.63, 3.8) is 0 Å². The molecule has 1 saturated heterocycles. The molecular formula is C31H55FN4O8S. The molecule has 5 atom stereocenters. The molecular weight excluding hydrogens is 607 g/mol. The van der Waals surface area contributed by atoms with E-state index in [4.69, 9.17) is 23.7 Å². The van der Waals surface area contributed by atoms with Gasteiger partial charge in [0.1, 0.15) is 31.1 Å². The van der Waals surface area contributed by atoms with Crippen LogP contribution in [0.5, 0.6) is 0 Å². The van der Waals surface area contributed by atoms with Crippen LogP contribution in [0.25, 0.3) is 0 Å². The maximum atomic E-state index is 13.1. The molecule has 3 amide bonds. The third-order valence-electron chi connectivity index (χ3n) is 8.34. The van der Waals surface area contributed by atoms with E-state index in [2.05, 4.69) is 20.7 Å². The van der Waals surface area contributed by atoms with Gasteiger partial charge >= 0.3 is 12.2 Å². The van der Waals surface area contributed by atoms with E-state index in [-0.39, 0.29) is 48.8 Å². The van der Waals surface area contributed by atoms with Gasteiger partial charge in [-0.1, -0.05) is 38.3 Å². The summed E-state index contributed by atoms with van der Waals surface area (Å²) < 4.78 is 43.7. The monoisotopic (exact) mass is 662 g/mol. The summed E-state index contributed by atoms with van der Waals surface area (Å²) in [6.07, 6.45) is 4.61. The highest BCUT2D eigenvalue weighted by Gasteiger charge is 2.64. The van der Waals surface area contributed by atoms with Crippen molar-refractivity contribution in [1.29, 1.82) is 0 Å². The number of carbonyl (C=O) groups excluding carboxylic acids is 3. The molecule has 0 aromatic heterocycles. The Labute approximate surface area is 272 Å². The van der Waals surface area contributed by atoms with Gasteiger partial charge in [-0.15, -0.1) is 3.89 Å². The molecule has 1 aliphatic heterocycles. The Bertz CT molecular complexity index is 962. The Morgan fingerprint density at radius 3 is 2.33 bits per heavy atom. The number of rotatable bonds is 20. The molecule has 2 fully saturated rings. The molecule has 45 heavy (non-hydrogen) atoms. The van der Waals surface area contributed by atoms with Crippen LogP contribution < -0.4 is 20.7 Å². The first kappa shape index (κ1) is 39.1. The molecule has 0 radical (unpaired) electrons. The van der Waals surface area contributed by atoms with E-state index in [0.29, 0.717) is 32.7 Å². The highest BCUT2D eigenvalue weighted by Crippen LogP contribution is 2.52. The van der Waals surface area contributed by atoms with Gasteiger partial charge in [-0.25, -0.2) is 14.3 Å². The summed E-state index contributed by atoms with van der Waals surface area (Å²) in [7, 11) is 1.62. The summed E-state index contributed by atoms with van der Waals surface area (Å²) >= 11 is -0.0869. The summed E-state index contributed by atoms with van der Waals surface area (Å²) in [5.74, 6) is -0.410. The number of unbranched alkanes of at least 4 members (excludes halogenated alkanes) is 3. The van der Waals surface area contributed by atoms with Gasteiger partial charge in [-0.2, -0.15) is 0 Å². The Hall–Kier alpha value is -2.13. The number of hydrogen-bond donors (Lipinski definition) is 4. The largest absolute Gasteiger partial charge is 0.447 e. The van der Waals surface area contributed by atoms with Crippen molar-refractivity contribution in [2.75, 3.05) is 46.6 Å². The lowest BCUT2D eigenvalue weighted by molar-refractivity contribution is -0.172. The van der Waals surface area contributed by atoms with E-state index in [1.807, 2.05) is 47.6 Å². The van der Waals surface area contributed by atoms with Crippen LogP contribution in [0.15, 0.2) is 11.6 Å². The van der Waals surface area contributed by atoms with Crippen molar-refractivity contribution in [1.82, 2.24) is 20.7 Å². The SMILES string of the molecule is COC1C(OC(=O)N[C@@H](COC(=O)NCCCCCCNC(=O)CNSF)C(C)C)CC[C@]2(CO2)C1C(C)(C)OCC=C(C)C. The van der Waals surface area contributed by atoms with Crippen LogP contribution >= 0.6 is 12.3 Å². The minimum Gasteiger partial charge on any atom is -0.447 e. The zero-order valence-corrected chi connectivity index (χ0v) is 28.8. The minimum absolute atomic E-state index is 0.00273. The number of allylic oxidation sites excluding steroid dienone is 1. The maximum Gasteiger partial charge on any atom is 0.407 e. The van der Waals surface area contributed by atoms with Gasteiger partial charge in [0, 0.05) is 26.1 Å². The molecule has 0 bridgehead atoms. The fourth-order valence-corrected chi connectivity index (χ4v) is 5.90. The zero-order valence-electron chi connectivity index (χ0n) is 28.0. The number of nitrogens with one attached hydrogen (secondary N) is 4. The number of epoxide rings is 1. The normalized spacial score (nSPS) is 23.3. The van der Waals surface area contributed by atoms with Gasteiger partial charge in [-0.3, -0.25) is 4.79 Å². The molecule has 1 aliphatic carbocycles. The number of carbonyl (C=O) groups is 3. The second-order valence-corrected chi connectivity index (χ2v) is 13.3. The van der Waals surface area contributed by atoms with E-state index >= 15 is 0 Å². The smallest absolute Gasteiger partial charge is 0.407 e. The molecule has 1 heterocycles. The average molecular weight is 663 g/mol. The van der Waals surface area contributed by atoms with E-state index in [1.54, 1.807) is 7.11 Å². The van der Waals surface area contributed by atoms with Gasteiger partial charge in [0.15, 0.2) is 0 Å². The van der Waals surface area contributed by atoms with Gasteiger partial charge in [0.2, 0.25) is 5.91 Å². The summed E-state index contributed by atoms with van der Waals surface area (Å²) in [5.41, 5.74) is 0.237. The molecule has 12 nitrogen and oxygen atoms in total. The van der Waals surface area contributed by atoms with E-state index in [1.165, 1.54) is 5.57 Å². The molecule has 1 saturated carbocycles. The van der Waals surface area contributed by atoms with E-state index < -0.39 is 36.0 Å². The molecule has 14 heteroatoms. The lowest BCUT2D eigenvalue weighted by atomic mass is 9.68. The predicted molar refractivity (Wildman–Crippen MR) is 171 cm³/mol. The van der Waals surface area contributed by atoms with Crippen LogP contribution in [0.2, 0.25) is 0 Å².